The summed E-state index contributed by atoms with van der Waals surface area (Å²) < 4.78 is 7.35. The molecule has 0 N–H and O–H groups in total. The highest BCUT2D eigenvalue weighted by atomic mass is 16.6. The quantitative estimate of drug-likeness (QED) is 0.743. The first kappa shape index (κ1) is 14.7. The van der Waals surface area contributed by atoms with Crippen LogP contribution in [0.3, 0.4) is 0 Å². The number of amides is 1. The van der Waals surface area contributed by atoms with Crippen LogP contribution in [-0.4, -0.2) is 32.1 Å². The van der Waals surface area contributed by atoms with Crippen molar-refractivity contribution in [3.63, 3.8) is 0 Å². The van der Waals surface area contributed by atoms with E-state index in [2.05, 4.69) is 10.1 Å². The van der Waals surface area contributed by atoms with Crippen LogP contribution in [-0.2, 0) is 11.3 Å². The Bertz CT molecular complexity index is 846. The number of nitrogens with zero attached hydrogens (tertiary/aromatic N) is 4. The van der Waals surface area contributed by atoms with Gasteiger partial charge in [0, 0.05) is 6.54 Å². The molecule has 6 heteroatoms. The molecule has 0 bridgehead atoms. The number of rotatable bonds is 3. The third-order valence-electron chi connectivity index (χ3n) is 4.39. The number of carbonyl (C=O) groups is 1. The van der Waals surface area contributed by atoms with Gasteiger partial charge in [-0.25, -0.2) is 14.3 Å². The monoisotopic (exact) mass is 322 g/mol. The van der Waals surface area contributed by atoms with Gasteiger partial charge in [-0.15, -0.1) is 0 Å². The van der Waals surface area contributed by atoms with Gasteiger partial charge in [0.1, 0.15) is 12.9 Å². The fourth-order valence-electron chi connectivity index (χ4n) is 3.23. The molecule has 1 aliphatic rings. The van der Waals surface area contributed by atoms with Gasteiger partial charge in [0.15, 0.2) is 0 Å². The normalized spacial score (nSPS) is 17.3. The smallest absolute Gasteiger partial charge is 0.410 e. The molecule has 4 rings (SSSR count). The highest BCUT2D eigenvalue weighted by Gasteiger charge is 2.33. The second-order valence-corrected chi connectivity index (χ2v) is 5.90. The molecule has 24 heavy (non-hydrogen) atoms. The summed E-state index contributed by atoms with van der Waals surface area (Å²) in [6, 6.07) is 13.7. The minimum atomic E-state index is -0.273. The molecule has 1 aromatic carbocycles. The lowest BCUT2D eigenvalue weighted by Gasteiger charge is -2.23. The third-order valence-corrected chi connectivity index (χ3v) is 4.39. The molecule has 0 aliphatic carbocycles. The zero-order chi connectivity index (χ0) is 16.4. The Morgan fingerprint density at radius 2 is 2.08 bits per heavy atom. The van der Waals surface area contributed by atoms with Crippen LogP contribution in [0.1, 0.15) is 30.1 Å². The summed E-state index contributed by atoms with van der Waals surface area (Å²) in [6.07, 6.45) is 4.89. The number of benzene rings is 1. The van der Waals surface area contributed by atoms with Crippen LogP contribution < -0.4 is 0 Å². The van der Waals surface area contributed by atoms with Gasteiger partial charge in [0.2, 0.25) is 0 Å². The van der Waals surface area contributed by atoms with E-state index in [1.807, 2.05) is 47.0 Å². The first-order valence-electron chi connectivity index (χ1n) is 8.08. The molecule has 1 unspecified atom stereocenters. The molecule has 0 radical (unpaired) electrons. The Kier molecular flexibility index (Phi) is 3.86. The van der Waals surface area contributed by atoms with E-state index in [1.54, 1.807) is 11.1 Å². The standard InChI is InChI=1S/C18H18N4O2/c23-18(24-12-14-5-2-1-3-6-14)21-10-4-7-16(21)17-9-8-15-11-19-13-20-22(15)17/h1-3,5-6,8-9,11,13,16H,4,7,10,12H2. The minimum Gasteiger partial charge on any atom is -0.445 e. The number of likely N-dealkylation sites (tertiary alicyclic amines) is 1. The van der Waals surface area contributed by atoms with Crippen molar-refractivity contribution in [1.29, 1.82) is 0 Å². The zero-order valence-electron chi connectivity index (χ0n) is 13.2. The Morgan fingerprint density at radius 3 is 2.96 bits per heavy atom. The molecule has 3 heterocycles. The number of carbonyl (C=O) groups excluding carboxylic acids is 1. The average molecular weight is 322 g/mol. The highest BCUT2D eigenvalue weighted by Crippen LogP contribution is 2.33. The predicted molar refractivity (Wildman–Crippen MR) is 88.3 cm³/mol. The van der Waals surface area contributed by atoms with E-state index in [1.165, 1.54) is 6.33 Å². The summed E-state index contributed by atoms with van der Waals surface area (Å²) in [5, 5.41) is 4.30. The van der Waals surface area contributed by atoms with Crippen LogP contribution in [0.2, 0.25) is 0 Å². The molecule has 6 nitrogen and oxygen atoms in total. The number of hydrogen-bond acceptors (Lipinski definition) is 4. The van der Waals surface area contributed by atoms with Crippen molar-refractivity contribution >= 4 is 11.6 Å². The van der Waals surface area contributed by atoms with E-state index in [9.17, 15) is 4.79 Å². The summed E-state index contributed by atoms with van der Waals surface area (Å²) in [5.74, 6) is 0. The van der Waals surface area contributed by atoms with Crippen molar-refractivity contribution < 1.29 is 9.53 Å². The van der Waals surface area contributed by atoms with E-state index in [0.29, 0.717) is 13.2 Å². The lowest BCUT2D eigenvalue weighted by Crippen LogP contribution is -2.31. The summed E-state index contributed by atoms with van der Waals surface area (Å²) in [5.41, 5.74) is 2.92. The molecule has 1 aliphatic heterocycles. The van der Waals surface area contributed by atoms with Crippen molar-refractivity contribution in [1.82, 2.24) is 19.5 Å². The molecular weight excluding hydrogens is 304 g/mol. The number of fused-ring (bicyclic) bond motifs is 1. The van der Waals surface area contributed by atoms with E-state index in [-0.39, 0.29) is 12.1 Å². The molecule has 1 amide bonds. The van der Waals surface area contributed by atoms with Gasteiger partial charge in [0.25, 0.3) is 0 Å². The topological polar surface area (TPSA) is 59.7 Å². The second kappa shape index (κ2) is 6.31. The van der Waals surface area contributed by atoms with Crippen LogP contribution in [0.5, 0.6) is 0 Å². The van der Waals surface area contributed by atoms with Crippen LogP contribution in [0.15, 0.2) is 55.0 Å². The van der Waals surface area contributed by atoms with Crippen LogP contribution in [0.4, 0.5) is 4.79 Å². The van der Waals surface area contributed by atoms with Gasteiger partial charge in [-0.1, -0.05) is 30.3 Å². The maximum atomic E-state index is 12.5. The van der Waals surface area contributed by atoms with E-state index >= 15 is 0 Å². The van der Waals surface area contributed by atoms with E-state index in [0.717, 1.165) is 29.6 Å². The maximum Gasteiger partial charge on any atom is 0.410 e. The molecule has 1 saturated heterocycles. The number of hydrogen-bond donors (Lipinski definition) is 0. The SMILES string of the molecule is O=C(OCc1ccccc1)N1CCCC1c1ccc2cncnn12. The molecular formula is C18H18N4O2. The predicted octanol–water partition coefficient (Wildman–Crippen LogP) is 3.20. The fraction of sp³-hybridized carbons (Fsp3) is 0.278. The van der Waals surface area contributed by atoms with Crippen molar-refractivity contribution in [2.45, 2.75) is 25.5 Å². The molecule has 0 saturated carbocycles. The zero-order valence-corrected chi connectivity index (χ0v) is 13.2. The van der Waals surface area contributed by atoms with Gasteiger partial charge in [-0.05, 0) is 30.5 Å². The van der Waals surface area contributed by atoms with Gasteiger partial charge < -0.3 is 4.74 Å². The van der Waals surface area contributed by atoms with Crippen LogP contribution in [0, 0.1) is 0 Å². The Morgan fingerprint density at radius 1 is 1.21 bits per heavy atom. The fourth-order valence-corrected chi connectivity index (χ4v) is 3.23. The number of ether oxygens (including phenoxy) is 1. The van der Waals surface area contributed by atoms with Crippen LogP contribution >= 0.6 is 0 Å². The van der Waals surface area contributed by atoms with Crippen molar-refractivity contribution in [2.24, 2.45) is 0 Å². The third kappa shape index (κ3) is 2.71. The first-order valence-corrected chi connectivity index (χ1v) is 8.08. The summed E-state index contributed by atoms with van der Waals surface area (Å²) in [7, 11) is 0. The molecule has 3 aromatic rings. The summed E-state index contributed by atoms with van der Waals surface area (Å²) in [6.45, 7) is 0.997. The Balaban J connectivity index is 1.51. The molecule has 1 atom stereocenters. The van der Waals surface area contributed by atoms with Gasteiger partial charge in [-0.2, -0.15) is 5.10 Å². The molecule has 122 valence electrons. The van der Waals surface area contributed by atoms with Crippen molar-refractivity contribution in [3.05, 3.63) is 66.2 Å². The van der Waals surface area contributed by atoms with Crippen LogP contribution in [0.25, 0.3) is 5.52 Å². The lowest BCUT2D eigenvalue weighted by atomic mass is 10.1. The van der Waals surface area contributed by atoms with E-state index in [4.69, 9.17) is 4.74 Å². The summed E-state index contributed by atoms with van der Waals surface area (Å²) >= 11 is 0. The Hall–Kier alpha value is -2.89. The first-order chi connectivity index (χ1) is 11.8. The lowest BCUT2D eigenvalue weighted by molar-refractivity contribution is 0.0912. The molecule has 1 fully saturated rings. The molecule has 0 spiro atoms. The van der Waals surface area contributed by atoms with Gasteiger partial charge in [-0.3, -0.25) is 4.90 Å². The van der Waals surface area contributed by atoms with Crippen molar-refractivity contribution in [3.8, 4) is 0 Å². The largest absolute Gasteiger partial charge is 0.445 e. The maximum absolute atomic E-state index is 12.5. The van der Waals surface area contributed by atoms with Gasteiger partial charge >= 0.3 is 6.09 Å². The van der Waals surface area contributed by atoms with Crippen molar-refractivity contribution in [2.75, 3.05) is 6.54 Å². The highest BCUT2D eigenvalue weighted by molar-refractivity contribution is 5.69. The molecule has 2 aromatic heterocycles. The number of aromatic nitrogens is 3. The van der Waals surface area contributed by atoms with E-state index < -0.39 is 0 Å². The second-order valence-electron chi connectivity index (χ2n) is 5.90. The Labute approximate surface area is 139 Å². The average Bonchev–Trinajstić information content (AvgIpc) is 3.27. The van der Waals surface area contributed by atoms with Gasteiger partial charge in [0.05, 0.1) is 23.4 Å². The summed E-state index contributed by atoms with van der Waals surface area (Å²) in [4.78, 5) is 18.4. The minimum absolute atomic E-state index is 0.00864.